The van der Waals surface area contributed by atoms with Crippen molar-refractivity contribution in [3.63, 3.8) is 0 Å². The van der Waals surface area contributed by atoms with Crippen molar-refractivity contribution in [2.75, 3.05) is 11.9 Å². The summed E-state index contributed by atoms with van der Waals surface area (Å²) >= 11 is 6.03. The molecule has 4 rings (SSSR count). The van der Waals surface area contributed by atoms with Crippen molar-refractivity contribution >= 4 is 34.2 Å². The van der Waals surface area contributed by atoms with Gasteiger partial charge < -0.3 is 10.1 Å². The molecule has 0 unspecified atom stereocenters. The predicted molar refractivity (Wildman–Crippen MR) is 119 cm³/mol. The molecule has 0 fully saturated rings. The Morgan fingerprint density at radius 1 is 1.07 bits per heavy atom. The average molecular weight is 421 g/mol. The minimum Gasteiger partial charge on any atom is -0.484 e. The minimum atomic E-state index is -0.290. The van der Waals surface area contributed by atoms with Crippen LogP contribution in [-0.4, -0.2) is 27.3 Å². The van der Waals surface area contributed by atoms with Crippen molar-refractivity contribution in [1.82, 2.24) is 14.8 Å². The quantitative estimate of drug-likeness (QED) is 0.492. The van der Waals surface area contributed by atoms with Crippen molar-refractivity contribution in [3.8, 4) is 11.6 Å². The molecule has 2 aromatic heterocycles. The number of fused-ring (bicyclic) bond motifs is 1. The van der Waals surface area contributed by atoms with Gasteiger partial charge in [-0.3, -0.25) is 4.79 Å². The van der Waals surface area contributed by atoms with Gasteiger partial charge in [0.15, 0.2) is 12.4 Å². The summed E-state index contributed by atoms with van der Waals surface area (Å²) in [6.45, 7) is 5.65. The van der Waals surface area contributed by atoms with Crippen molar-refractivity contribution < 1.29 is 9.53 Å². The van der Waals surface area contributed by atoms with Crippen LogP contribution in [0.1, 0.15) is 16.8 Å². The molecular formula is C23H21ClN4O2. The molecule has 1 N–H and O–H groups in total. The first-order chi connectivity index (χ1) is 14.4. The molecule has 0 spiro atoms. The number of ether oxygens (including phenoxy) is 1. The second kappa shape index (κ2) is 8.16. The van der Waals surface area contributed by atoms with Gasteiger partial charge >= 0.3 is 0 Å². The molecule has 0 saturated carbocycles. The Labute approximate surface area is 179 Å². The number of rotatable bonds is 5. The highest BCUT2D eigenvalue weighted by molar-refractivity contribution is 6.31. The Bertz CT molecular complexity index is 1250. The van der Waals surface area contributed by atoms with Crippen LogP contribution in [0.4, 0.5) is 5.82 Å². The Balaban J connectivity index is 1.55. The number of benzene rings is 2. The average Bonchev–Trinajstić information content (AvgIpc) is 3.09. The van der Waals surface area contributed by atoms with E-state index in [1.807, 2.05) is 51.1 Å². The molecule has 4 aromatic rings. The van der Waals surface area contributed by atoms with Gasteiger partial charge in [-0.1, -0.05) is 29.8 Å². The Morgan fingerprint density at radius 3 is 2.67 bits per heavy atom. The third-order valence-corrected chi connectivity index (χ3v) is 5.15. The summed E-state index contributed by atoms with van der Waals surface area (Å²) in [5, 5.41) is 9.11. The van der Waals surface area contributed by atoms with Crippen LogP contribution in [0, 0.1) is 20.8 Å². The van der Waals surface area contributed by atoms with Crippen LogP contribution in [0.3, 0.4) is 0 Å². The number of hydrogen-bond donors (Lipinski definition) is 1. The molecule has 2 aromatic carbocycles. The van der Waals surface area contributed by atoms with E-state index in [9.17, 15) is 4.79 Å². The van der Waals surface area contributed by atoms with E-state index < -0.39 is 0 Å². The van der Waals surface area contributed by atoms with E-state index in [0.717, 1.165) is 27.7 Å². The number of halogens is 1. The van der Waals surface area contributed by atoms with Crippen LogP contribution in [-0.2, 0) is 4.79 Å². The predicted octanol–water partition coefficient (Wildman–Crippen LogP) is 5.02. The van der Waals surface area contributed by atoms with E-state index in [-0.39, 0.29) is 12.5 Å². The first-order valence-electron chi connectivity index (χ1n) is 9.53. The molecule has 6 nitrogen and oxygen atoms in total. The van der Waals surface area contributed by atoms with Crippen LogP contribution in [0.2, 0.25) is 5.02 Å². The number of aromatic nitrogens is 3. The van der Waals surface area contributed by atoms with Crippen LogP contribution in [0.5, 0.6) is 5.75 Å². The van der Waals surface area contributed by atoms with Gasteiger partial charge in [0, 0.05) is 16.5 Å². The van der Waals surface area contributed by atoms with Crippen LogP contribution < -0.4 is 10.1 Å². The topological polar surface area (TPSA) is 69.0 Å². The van der Waals surface area contributed by atoms with Gasteiger partial charge in [0.1, 0.15) is 11.6 Å². The van der Waals surface area contributed by atoms with Gasteiger partial charge in [-0.05, 0) is 62.2 Å². The molecule has 0 aliphatic carbocycles. The highest BCUT2D eigenvalue weighted by Gasteiger charge is 2.14. The lowest BCUT2D eigenvalue weighted by atomic mass is 10.1. The number of para-hydroxylation sites is 1. The molecule has 0 bridgehead atoms. The van der Waals surface area contributed by atoms with E-state index in [1.54, 1.807) is 28.9 Å². The number of aryl methyl sites for hydroxylation is 3. The van der Waals surface area contributed by atoms with Crippen molar-refractivity contribution in [2.24, 2.45) is 0 Å². The van der Waals surface area contributed by atoms with E-state index >= 15 is 0 Å². The van der Waals surface area contributed by atoms with E-state index in [4.69, 9.17) is 21.3 Å². The number of carbonyl (C=O) groups excluding carboxylic acids is 1. The summed E-state index contributed by atoms with van der Waals surface area (Å²) in [4.78, 5) is 17.2. The Morgan fingerprint density at radius 2 is 1.87 bits per heavy atom. The van der Waals surface area contributed by atoms with E-state index in [2.05, 4.69) is 10.4 Å². The number of hydrogen-bond acceptors (Lipinski definition) is 4. The first-order valence-corrected chi connectivity index (χ1v) is 9.91. The van der Waals surface area contributed by atoms with Crippen LogP contribution in [0.25, 0.3) is 16.7 Å². The monoisotopic (exact) mass is 420 g/mol. The third kappa shape index (κ3) is 4.14. The number of pyridine rings is 1. The molecule has 0 aliphatic heterocycles. The minimum absolute atomic E-state index is 0.129. The summed E-state index contributed by atoms with van der Waals surface area (Å²) in [5.41, 5.74) is 3.62. The van der Waals surface area contributed by atoms with Gasteiger partial charge in [-0.25, -0.2) is 4.98 Å². The summed E-state index contributed by atoms with van der Waals surface area (Å²) in [7, 11) is 0. The number of nitrogens with zero attached hydrogens (tertiary/aromatic N) is 3. The number of amides is 1. The summed E-state index contributed by atoms with van der Waals surface area (Å²) in [5.74, 6) is 1.48. The molecular weight excluding hydrogens is 400 g/mol. The zero-order valence-corrected chi connectivity index (χ0v) is 17.7. The van der Waals surface area contributed by atoms with Gasteiger partial charge in [0.25, 0.3) is 5.91 Å². The van der Waals surface area contributed by atoms with E-state index in [0.29, 0.717) is 22.4 Å². The highest BCUT2D eigenvalue weighted by Crippen LogP contribution is 2.23. The maximum absolute atomic E-state index is 12.5. The molecule has 2 heterocycles. The zero-order chi connectivity index (χ0) is 21.3. The fourth-order valence-electron chi connectivity index (χ4n) is 3.24. The molecule has 7 heteroatoms. The molecule has 0 aliphatic rings. The normalized spacial score (nSPS) is 10.9. The van der Waals surface area contributed by atoms with Crippen LogP contribution >= 0.6 is 11.6 Å². The molecule has 1 amide bonds. The standard InChI is InChI=1S/C23H21ClN4O2/c1-14-11-21(25-20-7-5-4-6-18(14)20)28-22(12-16(3)27-28)26-23(29)13-30-17-8-9-19(24)15(2)10-17/h4-12H,13H2,1-3H3,(H,26,29). The largest absolute Gasteiger partial charge is 0.484 e. The maximum Gasteiger partial charge on any atom is 0.263 e. The summed E-state index contributed by atoms with van der Waals surface area (Å²) in [6, 6.07) is 17.0. The third-order valence-electron chi connectivity index (χ3n) is 4.72. The highest BCUT2D eigenvalue weighted by atomic mass is 35.5. The second-order valence-electron chi connectivity index (χ2n) is 7.15. The van der Waals surface area contributed by atoms with Crippen molar-refractivity contribution in [3.05, 3.63) is 76.4 Å². The fourth-order valence-corrected chi connectivity index (χ4v) is 3.36. The van der Waals surface area contributed by atoms with Gasteiger partial charge in [-0.2, -0.15) is 9.78 Å². The lowest BCUT2D eigenvalue weighted by Crippen LogP contribution is -2.22. The number of carbonyl (C=O) groups is 1. The Hall–Kier alpha value is -3.38. The number of anilines is 1. The molecule has 152 valence electrons. The Kier molecular flexibility index (Phi) is 5.42. The van der Waals surface area contributed by atoms with Gasteiger partial charge in [0.2, 0.25) is 0 Å². The summed E-state index contributed by atoms with van der Waals surface area (Å²) in [6.07, 6.45) is 0. The van der Waals surface area contributed by atoms with Crippen LogP contribution in [0.15, 0.2) is 54.6 Å². The van der Waals surface area contributed by atoms with E-state index in [1.165, 1.54) is 0 Å². The lowest BCUT2D eigenvalue weighted by molar-refractivity contribution is -0.118. The smallest absolute Gasteiger partial charge is 0.263 e. The molecule has 0 radical (unpaired) electrons. The lowest BCUT2D eigenvalue weighted by Gasteiger charge is -2.11. The first kappa shape index (κ1) is 19.9. The molecule has 30 heavy (non-hydrogen) atoms. The fraction of sp³-hybridized carbons (Fsp3) is 0.174. The van der Waals surface area contributed by atoms with Gasteiger partial charge in [0.05, 0.1) is 11.2 Å². The molecule has 0 atom stereocenters. The SMILES string of the molecule is Cc1cc(NC(=O)COc2ccc(Cl)c(C)c2)n(-c2cc(C)c3ccccc3n2)n1. The number of nitrogens with one attached hydrogen (secondary N) is 1. The second-order valence-corrected chi connectivity index (χ2v) is 7.55. The van der Waals surface area contributed by atoms with Gasteiger partial charge in [-0.15, -0.1) is 0 Å². The molecule has 0 saturated heterocycles. The van der Waals surface area contributed by atoms with Crippen molar-refractivity contribution in [2.45, 2.75) is 20.8 Å². The zero-order valence-electron chi connectivity index (χ0n) is 16.9. The van der Waals surface area contributed by atoms with Crippen molar-refractivity contribution in [1.29, 1.82) is 0 Å². The summed E-state index contributed by atoms with van der Waals surface area (Å²) < 4.78 is 7.23. The maximum atomic E-state index is 12.5.